The lowest BCUT2D eigenvalue weighted by Crippen LogP contribution is -2.44. The molecule has 700 valence electrons. The highest BCUT2D eigenvalue weighted by atomic mass is 16.5. The molecule has 9 fully saturated rings. The Morgan fingerprint density at radius 2 is 0.754 bits per heavy atom. The summed E-state index contributed by atoms with van der Waals surface area (Å²) in [6.07, 6.45) is 36.3. The standard InChI is InChI=1S/C29H37N7O3.C23H25N7O2.C23H28N6O3.C23H28N6O2/c1-34-10-12-35(13-11-34)22-4-7-25(32-20-22)29(37)33-21-2-5-24(6-3-21)39-27-19-23(36-14-16-38-17-15-36)18-26-28(27)31-9-8-30-26;24-15-17-3-6-22(29-28-17)27-16-1-4-19(5-2-16)32-21-14-18(30-9-11-31-12-10-30)13-20-23(21)26-8-7-25-20;1-30-22-15-24-14-21(28-22)27-16-2-4-18(5-3-16)32-20-13-17(29-8-10-31-11-9-29)12-19-23(20)26-7-6-25-19;24-16-1-6-22(27-15-16)28-17-2-4-19(5-3-17)31-21-14-18(29-9-11-30-12-10-29)13-20-23(21)26-8-7-25-20/h4,7-9,18-21,24H,2-3,5-6,10-17H2,1H3,(H,33,37);3,6-8,13-14,16,19H,1-2,4-5,9-12H2,(H,27,29);6-7,12-16,18H,2-5,8-11H2,1H3,(H,27,28);1,6-8,13-15,17,19H,2-5,9-12,24H2,(H,27,28). The Kier molecular flexibility index (Phi) is 30.6. The number of carbonyl (C=O) groups excluding carboxylic acids is 1. The zero-order chi connectivity index (χ0) is 91.2. The van der Waals surface area contributed by atoms with Crippen molar-refractivity contribution in [2.45, 2.75) is 151 Å². The second kappa shape index (κ2) is 44.9. The van der Waals surface area contributed by atoms with Crippen molar-refractivity contribution in [3.8, 4) is 34.9 Å². The number of ether oxygens (including phenoxy) is 9. The van der Waals surface area contributed by atoms with Gasteiger partial charge in [0.1, 0.15) is 74.3 Å². The summed E-state index contributed by atoms with van der Waals surface area (Å²) in [6.45, 7) is 16.8. The zero-order valence-electron chi connectivity index (χ0n) is 76.1. The second-order valence-electron chi connectivity index (χ2n) is 35.2. The minimum Gasteiger partial charge on any atom is -0.488 e. The number of benzene rings is 4. The van der Waals surface area contributed by atoms with Gasteiger partial charge in [-0.15, -0.1) is 10.2 Å². The molecule has 36 heteroatoms. The minimum atomic E-state index is -0.108. The largest absolute Gasteiger partial charge is 0.488 e. The van der Waals surface area contributed by atoms with Gasteiger partial charge in [0.05, 0.1) is 143 Å². The molecule has 36 nitrogen and oxygen atoms in total. The first-order chi connectivity index (χ1) is 65.9. The van der Waals surface area contributed by atoms with Gasteiger partial charge in [0.2, 0.25) is 5.88 Å². The minimum absolute atomic E-state index is 0.0734. The number of fused-ring (bicyclic) bond motifs is 4. The quantitative estimate of drug-likeness (QED) is 0.0421. The lowest BCUT2D eigenvalue weighted by atomic mass is 9.92. The van der Waals surface area contributed by atoms with E-state index in [9.17, 15) is 4.79 Å². The Bertz CT molecular complexity index is 5860. The van der Waals surface area contributed by atoms with Crippen LogP contribution < -0.4 is 75.2 Å². The number of nitrogens with one attached hydrogen (secondary N) is 4. The molecule has 12 aromatic rings. The molecule has 0 unspecified atom stereocenters. The number of anilines is 9. The van der Waals surface area contributed by atoms with Crippen molar-refractivity contribution in [3.63, 3.8) is 0 Å². The molecule has 13 heterocycles. The molecule has 4 aliphatic carbocycles. The number of nitrogens with zero attached hydrogens (tertiary/aromatic N) is 21. The fourth-order valence-electron chi connectivity index (χ4n) is 18.6. The summed E-state index contributed by atoms with van der Waals surface area (Å²) in [5.41, 5.74) is 19.3. The SMILES string of the molecule is CN1CCN(c2ccc(C(=O)NC3CCC(Oc4cc(N5CCOCC5)cc5nccnc45)CC3)nc2)CC1.COc1cncc(NC2CCC(Oc3cc(N4CCOCC4)cc4nccnc34)CC2)n1.N#Cc1ccc(NC2CCC(Oc3cc(N4CCOCC4)cc4nccnc34)CC2)nn1.Nc1ccc(NC2CCC(Oc3cc(N4CCOCC4)cc4nccnc34)CC2)nc1. The number of aromatic nitrogens is 14. The number of pyridine rings is 2. The smallest absolute Gasteiger partial charge is 0.270 e. The fourth-order valence-corrected chi connectivity index (χ4v) is 18.6. The van der Waals surface area contributed by atoms with Gasteiger partial charge in [-0.05, 0) is 170 Å². The molecule has 6 N–H and O–H groups in total. The van der Waals surface area contributed by atoms with Crippen LogP contribution in [0.25, 0.3) is 44.1 Å². The topological polar surface area (TPSA) is 398 Å². The van der Waals surface area contributed by atoms with Crippen LogP contribution in [0.4, 0.5) is 51.6 Å². The summed E-state index contributed by atoms with van der Waals surface area (Å²) in [6, 6.07) is 31.1. The molecule has 0 spiro atoms. The van der Waals surface area contributed by atoms with Crippen LogP contribution in [-0.2, 0) is 18.9 Å². The molecule has 4 saturated carbocycles. The number of nitrogens with two attached hydrogens (primary N) is 1. The van der Waals surface area contributed by atoms with Crippen LogP contribution in [-0.4, -0.2) is 275 Å². The average Bonchev–Trinajstić information content (AvgIpc) is 0.802. The molecule has 0 radical (unpaired) electrons. The van der Waals surface area contributed by atoms with E-state index in [4.69, 9.17) is 53.6 Å². The van der Waals surface area contributed by atoms with Gasteiger partial charge in [0, 0.05) is 199 Å². The van der Waals surface area contributed by atoms with E-state index in [-0.39, 0.29) is 36.4 Å². The molecular weight excluding hydrogens is 1700 g/mol. The Balaban J connectivity index is 0.000000120. The molecule has 21 rings (SSSR count). The summed E-state index contributed by atoms with van der Waals surface area (Å²) in [4.78, 5) is 80.5. The van der Waals surface area contributed by atoms with Crippen LogP contribution >= 0.6 is 0 Å². The maximum absolute atomic E-state index is 12.9. The highest BCUT2D eigenvalue weighted by Crippen LogP contribution is 2.40. The van der Waals surface area contributed by atoms with Crippen LogP contribution in [0.15, 0.2) is 159 Å². The van der Waals surface area contributed by atoms with Crippen molar-refractivity contribution < 1.29 is 47.4 Å². The predicted octanol–water partition coefficient (Wildman–Crippen LogP) is 12.0. The highest BCUT2D eigenvalue weighted by Gasteiger charge is 2.32. The number of likely N-dealkylation sites (N-methyl/N-ethyl adjacent to an activating group) is 1. The number of nitrogen functional groups attached to an aromatic ring is 1. The number of methoxy groups -OCH3 is 1. The first-order valence-corrected chi connectivity index (χ1v) is 47.2. The van der Waals surface area contributed by atoms with Gasteiger partial charge >= 0.3 is 0 Å². The van der Waals surface area contributed by atoms with Gasteiger partial charge in [-0.2, -0.15) is 10.2 Å². The summed E-state index contributed by atoms with van der Waals surface area (Å²) >= 11 is 0. The fraction of sp³-hybridized carbons (Fsp3) is 0.469. The first-order valence-electron chi connectivity index (χ1n) is 47.2. The molecule has 8 aromatic heterocycles. The van der Waals surface area contributed by atoms with Crippen molar-refractivity contribution in [3.05, 3.63) is 171 Å². The van der Waals surface area contributed by atoms with Crippen molar-refractivity contribution >= 4 is 102 Å². The van der Waals surface area contributed by atoms with Crippen LogP contribution in [0, 0.1) is 11.3 Å². The number of hydrogen-bond acceptors (Lipinski definition) is 35. The summed E-state index contributed by atoms with van der Waals surface area (Å²) < 4.78 is 53.2. The zero-order valence-corrected chi connectivity index (χ0v) is 76.1. The van der Waals surface area contributed by atoms with Crippen LogP contribution in [0.2, 0.25) is 0 Å². The predicted molar refractivity (Wildman–Crippen MR) is 513 cm³/mol. The number of nitriles is 1. The van der Waals surface area contributed by atoms with Gasteiger partial charge in [0.25, 0.3) is 5.91 Å². The molecule has 4 aromatic carbocycles. The molecular formula is C98H118N26O10. The number of amides is 1. The number of hydrogen-bond donors (Lipinski definition) is 5. The Labute approximate surface area is 779 Å². The second-order valence-corrected chi connectivity index (χ2v) is 35.2. The van der Waals surface area contributed by atoms with E-state index in [2.05, 4.69) is 176 Å². The van der Waals surface area contributed by atoms with E-state index in [1.807, 2.05) is 36.5 Å². The van der Waals surface area contributed by atoms with Gasteiger partial charge in [-0.3, -0.25) is 29.7 Å². The van der Waals surface area contributed by atoms with Gasteiger partial charge in [-0.1, -0.05) is 0 Å². The van der Waals surface area contributed by atoms with Crippen molar-refractivity contribution in [1.29, 1.82) is 5.26 Å². The summed E-state index contributed by atoms with van der Waals surface area (Å²) in [7, 11) is 3.74. The number of carbonyl (C=O) groups is 1. The third kappa shape index (κ3) is 24.2. The summed E-state index contributed by atoms with van der Waals surface area (Å²) in [5.74, 6) is 5.93. The monoisotopic (exact) mass is 1820 g/mol. The maximum atomic E-state index is 12.9. The number of piperazine rings is 1. The van der Waals surface area contributed by atoms with Crippen molar-refractivity contribution in [2.75, 3.05) is 192 Å². The number of morpholine rings is 4. The molecule has 0 atom stereocenters. The van der Waals surface area contributed by atoms with Crippen molar-refractivity contribution in [2.24, 2.45) is 0 Å². The molecule has 5 saturated heterocycles. The lowest BCUT2D eigenvalue weighted by Gasteiger charge is -2.33. The maximum Gasteiger partial charge on any atom is 0.270 e. The highest BCUT2D eigenvalue weighted by molar-refractivity contribution is 5.93. The van der Waals surface area contributed by atoms with Gasteiger partial charge in [-0.25, -0.2) is 29.9 Å². The Morgan fingerprint density at radius 1 is 0.381 bits per heavy atom. The van der Waals surface area contributed by atoms with E-state index in [0.717, 1.165) is 341 Å². The van der Waals surface area contributed by atoms with Crippen LogP contribution in [0.1, 0.15) is 119 Å². The van der Waals surface area contributed by atoms with Crippen LogP contribution in [0.5, 0.6) is 28.9 Å². The molecule has 1 amide bonds. The molecule has 5 aliphatic heterocycles. The third-order valence-corrected chi connectivity index (χ3v) is 26.1. The third-order valence-electron chi connectivity index (χ3n) is 26.1. The van der Waals surface area contributed by atoms with E-state index >= 15 is 0 Å². The molecule has 134 heavy (non-hydrogen) atoms. The average molecular weight is 1820 g/mol. The van der Waals surface area contributed by atoms with E-state index in [0.29, 0.717) is 46.9 Å². The van der Waals surface area contributed by atoms with E-state index in [1.54, 1.807) is 87.4 Å². The van der Waals surface area contributed by atoms with E-state index in [1.165, 1.54) is 0 Å². The Morgan fingerprint density at radius 3 is 1.11 bits per heavy atom. The van der Waals surface area contributed by atoms with Crippen LogP contribution in [0.3, 0.4) is 0 Å². The number of rotatable bonds is 22. The molecule has 9 aliphatic rings. The van der Waals surface area contributed by atoms with Gasteiger partial charge in [0.15, 0.2) is 5.69 Å². The van der Waals surface area contributed by atoms with E-state index < -0.39 is 0 Å². The lowest BCUT2D eigenvalue weighted by molar-refractivity contribution is 0.0890. The Hall–Kier alpha value is -13.3. The normalized spacial score (nSPS) is 21.8. The molecule has 0 bridgehead atoms. The van der Waals surface area contributed by atoms with Gasteiger partial charge < -0.3 is 99.0 Å². The van der Waals surface area contributed by atoms with Crippen molar-refractivity contribution in [1.82, 2.24) is 80.2 Å². The summed E-state index contributed by atoms with van der Waals surface area (Å²) in [5, 5.41) is 30.4. The first kappa shape index (κ1) is 91.2.